The van der Waals surface area contributed by atoms with Gasteiger partial charge in [-0.1, -0.05) is 42.5 Å². The van der Waals surface area contributed by atoms with Crippen LogP contribution in [0.4, 0.5) is 0 Å². The molecule has 0 unspecified atom stereocenters. The number of fused-ring (bicyclic) bond motifs is 1. The molecule has 2 aliphatic heterocycles. The number of aliphatic imine (C=N–C) groups is 1. The Labute approximate surface area is 208 Å². The van der Waals surface area contributed by atoms with Crippen molar-refractivity contribution in [3.8, 4) is 5.75 Å². The number of hydrogen-bond acceptors (Lipinski definition) is 3. The Morgan fingerprint density at radius 3 is 2.25 bits per heavy atom. The Hall–Kier alpha value is -2.29. The predicted octanol–water partition coefficient (Wildman–Crippen LogP) is 4.05. The highest BCUT2D eigenvalue weighted by molar-refractivity contribution is 14.0. The first-order valence-electron chi connectivity index (χ1n) is 11.2. The van der Waals surface area contributed by atoms with Crippen LogP contribution in [0.5, 0.6) is 5.75 Å². The molecule has 7 heteroatoms. The molecule has 0 atom stereocenters. The number of likely N-dealkylation sites (tertiary alicyclic amines) is 1. The summed E-state index contributed by atoms with van der Waals surface area (Å²) < 4.78 is 6.08. The molecule has 172 valence electrons. The third-order valence-electron chi connectivity index (χ3n) is 6.04. The van der Waals surface area contributed by atoms with Crippen molar-refractivity contribution >= 4 is 35.8 Å². The van der Waals surface area contributed by atoms with Crippen LogP contribution in [0, 0.1) is 0 Å². The minimum atomic E-state index is 0. The molecular weight excluding hydrogens is 515 g/mol. The molecule has 2 aromatic rings. The smallest absolute Gasteiger partial charge is 0.223 e. The third kappa shape index (κ3) is 6.37. The molecule has 1 fully saturated rings. The summed E-state index contributed by atoms with van der Waals surface area (Å²) in [5, 5.41) is 3.43. The highest BCUT2D eigenvalue weighted by Gasteiger charge is 2.24. The molecule has 0 aromatic heterocycles. The van der Waals surface area contributed by atoms with E-state index in [0.29, 0.717) is 6.42 Å². The number of piperidine rings is 1. The minimum absolute atomic E-state index is 0. The lowest BCUT2D eigenvalue weighted by Crippen LogP contribution is -2.47. The monoisotopic (exact) mass is 548 g/mol. The summed E-state index contributed by atoms with van der Waals surface area (Å²) in [5.74, 6) is 2.08. The van der Waals surface area contributed by atoms with Crippen LogP contribution in [-0.2, 0) is 17.9 Å². The second-order valence-corrected chi connectivity index (χ2v) is 8.21. The third-order valence-corrected chi connectivity index (χ3v) is 6.04. The number of ether oxygens (including phenoxy) is 1. The fraction of sp³-hybridized carbons (Fsp3) is 0.440. The van der Waals surface area contributed by atoms with Crippen molar-refractivity contribution in [2.24, 2.45) is 4.99 Å². The molecule has 32 heavy (non-hydrogen) atoms. The molecule has 6 nitrogen and oxygen atoms in total. The van der Waals surface area contributed by atoms with E-state index in [2.05, 4.69) is 27.3 Å². The first kappa shape index (κ1) is 24.4. The van der Waals surface area contributed by atoms with Gasteiger partial charge in [-0.05, 0) is 29.7 Å². The van der Waals surface area contributed by atoms with Crippen LogP contribution in [0.3, 0.4) is 0 Å². The van der Waals surface area contributed by atoms with E-state index in [4.69, 9.17) is 4.74 Å². The van der Waals surface area contributed by atoms with Gasteiger partial charge in [0.2, 0.25) is 5.91 Å². The molecule has 0 saturated carbocycles. The number of carbonyl (C=O) groups is 1. The molecule has 1 N–H and O–H groups in total. The molecule has 1 saturated heterocycles. The second kappa shape index (κ2) is 12.1. The summed E-state index contributed by atoms with van der Waals surface area (Å²) in [7, 11) is 1.82. The number of halogens is 1. The lowest BCUT2D eigenvalue weighted by atomic mass is 10.1. The van der Waals surface area contributed by atoms with E-state index in [9.17, 15) is 4.79 Å². The van der Waals surface area contributed by atoms with Gasteiger partial charge < -0.3 is 19.9 Å². The Morgan fingerprint density at radius 2 is 1.62 bits per heavy atom. The fourth-order valence-electron chi connectivity index (χ4n) is 4.32. The molecule has 4 rings (SSSR count). The van der Waals surface area contributed by atoms with Crippen LogP contribution in [0.25, 0.3) is 0 Å². The van der Waals surface area contributed by atoms with Crippen molar-refractivity contribution < 1.29 is 9.53 Å². The Kier molecular flexibility index (Phi) is 9.20. The van der Waals surface area contributed by atoms with Gasteiger partial charge in [0.15, 0.2) is 5.96 Å². The number of benzene rings is 2. The van der Waals surface area contributed by atoms with E-state index in [0.717, 1.165) is 63.7 Å². The van der Waals surface area contributed by atoms with E-state index in [-0.39, 0.29) is 36.0 Å². The number of para-hydroxylation sites is 1. The van der Waals surface area contributed by atoms with Crippen LogP contribution in [0.1, 0.15) is 36.8 Å². The minimum Gasteiger partial charge on any atom is -0.490 e. The summed E-state index contributed by atoms with van der Waals surface area (Å²) in [4.78, 5) is 21.2. The number of rotatable bonds is 6. The van der Waals surface area contributed by atoms with Crippen molar-refractivity contribution in [1.82, 2.24) is 15.1 Å². The molecule has 0 bridgehead atoms. The van der Waals surface area contributed by atoms with E-state index < -0.39 is 0 Å². The maximum absolute atomic E-state index is 12.6. The Balaban J connectivity index is 0.00000289. The molecule has 2 aliphatic rings. The average Bonchev–Trinajstić information content (AvgIpc) is 3.25. The van der Waals surface area contributed by atoms with Crippen molar-refractivity contribution in [1.29, 1.82) is 0 Å². The number of nitrogens with one attached hydrogen (secondary N) is 1. The maximum atomic E-state index is 12.6. The van der Waals surface area contributed by atoms with E-state index >= 15 is 0 Å². The van der Waals surface area contributed by atoms with Gasteiger partial charge in [0.05, 0.1) is 0 Å². The normalized spacial score (nSPS) is 16.3. The van der Waals surface area contributed by atoms with Gasteiger partial charge in [0.25, 0.3) is 0 Å². The summed E-state index contributed by atoms with van der Waals surface area (Å²) in [6.45, 7) is 4.07. The zero-order valence-electron chi connectivity index (χ0n) is 18.7. The molecule has 0 spiro atoms. The van der Waals surface area contributed by atoms with Gasteiger partial charge in [0, 0.05) is 59.0 Å². The Bertz CT molecular complexity index is 873. The summed E-state index contributed by atoms with van der Waals surface area (Å²) >= 11 is 0. The van der Waals surface area contributed by atoms with Crippen molar-refractivity contribution in [3.63, 3.8) is 0 Å². The second-order valence-electron chi connectivity index (χ2n) is 8.21. The van der Waals surface area contributed by atoms with E-state index in [1.54, 1.807) is 0 Å². The lowest BCUT2D eigenvalue weighted by molar-refractivity contribution is -0.131. The van der Waals surface area contributed by atoms with Crippen LogP contribution in [0.2, 0.25) is 0 Å². The first-order valence-corrected chi connectivity index (χ1v) is 11.2. The van der Waals surface area contributed by atoms with Gasteiger partial charge >= 0.3 is 0 Å². The molecule has 2 heterocycles. The predicted molar refractivity (Wildman–Crippen MR) is 138 cm³/mol. The summed E-state index contributed by atoms with van der Waals surface area (Å²) in [6.07, 6.45) is 3.56. The van der Waals surface area contributed by atoms with Gasteiger partial charge in [-0.15, -0.1) is 24.0 Å². The topological polar surface area (TPSA) is 57.2 Å². The first-order chi connectivity index (χ1) is 15.2. The number of guanidine groups is 1. The largest absolute Gasteiger partial charge is 0.490 e. The fourth-order valence-corrected chi connectivity index (χ4v) is 4.32. The quantitative estimate of drug-likeness (QED) is 0.256. The number of hydrogen-bond donors (Lipinski definition) is 1. The SMILES string of the molecule is CN=C(NCCCC(=O)N1Cc2ccccc2C1)N1CCC(Oc2ccccc2)CC1.I. The standard InChI is InChI=1S/C25H32N4O2.HI/c1-26-25(28-16-13-23(14-17-28)31-22-10-3-2-4-11-22)27-15-7-12-24(30)29-18-20-8-5-6-9-21(20)19-29;/h2-6,8-11,23H,7,12-19H2,1H3,(H,26,27);1H. The maximum Gasteiger partial charge on any atom is 0.223 e. The van der Waals surface area contributed by atoms with Gasteiger partial charge in [-0.2, -0.15) is 0 Å². The number of carbonyl (C=O) groups excluding carboxylic acids is 1. The number of nitrogens with zero attached hydrogens (tertiary/aromatic N) is 3. The van der Waals surface area contributed by atoms with Crippen LogP contribution in [0.15, 0.2) is 59.6 Å². The molecule has 0 radical (unpaired) electrons. The average molecular weight is 548 g/mol. The van der Waals surface area contributed by atoms with Crippen LogP contribution >= 0.6 is 24.0 Å². The highest BCUT2D eigenvalue weighted by Crippen LogP contribution is 2.23. The Morgan fingerprint density at radius 1 is 1.00 bits per heavy atom. The molecule has 2 aromatic carbocycles. The van der Waals surface area contributed by atoms with Crippen molar-refractivity contribution in [2.45, 2.75) is 44.9 Å². The zero-order valence-corrected chi connectivity index (χ0v) is 21.0. The molecular formula is C25H33IN4O2. The highest BCUT2D eigenvalue weighted by atomic mass is 127. The van der Waals surface area contributed by atoms with Gasteiger partial charge in [-0.25, -0.2) is 0 Å². The molecule has 1 amide bonds. The summed E-state index contributed by atoms with van der Waals surface area (Å²) in [6, 6.07) is 18.3. The van der Waals surface area contributed by atoms with Crippen molar-refractivity contribution in [3.05, 3.63) is 65.7 Å². The van der Waals surface area contributed by atoms with Crippen LogP contribution in [-0.4, -0.2) is 54.5 Å². The van der Waals surface area contributed by atoms with E-state index in [1.165, 1.54) is 11.1 Å². The lowest BCUT2D eigenvalue weighted by Gasteiger charge is -2.34. The zero-order chi connectivity index (χ0) is 21.5. The molecule has 0 aliphatic carbocycles. The van der Waals surface area contributed by atoms with E-state index in [1.807, 2.05) is 54.4 Å². The van der Waals surface area contributed by atoms with Crippen LogP contribution < -0.4 is 10.1 Å². The summed E-state index contributed by atoms with van der Waals surface area (Å²) in [5.41, 5.74) is 2.54. The number of amides is 1. The van der Waals surface area contributed by atoms with Crippen molar-refractivity contribution in [2.75, 3.05) is 26.7 Å². The van der Waals surface area contributed by atoms with Gasteiger partial charge in [-0.3, -0.25) is 9.79 Å². The van der Waals surface area contributed by atoms with Gasteiger partial charge in [0.1, 0.15) is 11.9 Å².